The fraction of sp³-hybridized carbons (Fsp3) is 0.500. The Morgan fingerprint density at radius 3 is 3.00 bits per heavy atom. The van der Waals surface area contributed by atoms with Crippen molar-refractivity contribution in [3.63, 3.8) is 0 Å². The molecule has 4 nitrogen and oxygen atoms in total. The van der Waals surface area contributed by atoms with Crippen LogP contribution in [0.4, 0.5) is 0 Å². The molecule has 0 aromatic carbocycles. The van der Waals surface area contributed by atoms with Crippen molar-refractivity contribution in [2.45, 2.75) is 18.9 Å². The van der Waals surface area contributed by atoms with Gasteiger partial charge in [-0.15, -0.1) is 5.10 Å². The second kappa shape index (κ2) is 1.90. The van der Waals surface area contributed by atoms with E-state index in [1.54, 1.807) is 10.9 Å². The van der Waals surface area contributed by atoms with Crippen molar-refractivity contribution in [3.05, 3.63) is 11.9 Å². The first-order valence-electron chi connectivity index (χ1n) is 3.27. The molecule has 0 aliphatic heterocycles. The Morgan fingerprint density at radius 1 is 1.70 bits per heavy atom. The molecule has 0 atom stereocenters. The molecule has 0 unspecified atom stereocenters. The number of aldehydes is 1. The number of nitrogens with zero attached hydrogens (tertiary/aromatic N) is 3. The molecular weight excluding hydrogens is 130 g/mol. The minimum absolute atomic E-state index is 0.423. The highest BCUT2D eigenvalue weighted by atomic mass is 16.1. The molecule has 0 N–H and O–H groups in total. The maximum absolute atomic E-state index is 10.1. The van der Waals surface area contributed by atoms with E-state index < -0.39 is 0 Å². The topological polar surface area (TPSA) is 47.8 Å². The number of aromatic nitrogens is 3. The van der Waals surface area contributed by atoms with Gasteiger partial charge in [-0.1, -0.05) is 5.21 Å². The van der Waals surface area contributed by atoms with Gasteiger partial charge in [0, 0.05) is 0 Å². The monoisotopic (exact) mass is 137 g/mol. The summed E-state index contributed by atoms with van der Waals surface area (Å²) in [7, 11) is 0. The Morgan fingerprint density at radius 2 is 2.50 bits per heavy atom. The summed E-state index contributed by atoms with van der Waals surface area (Å²) in [4.78, 5) is 10.1. The van der Waals surface area contributed by atoms with Crippen LogP contribution in [0.2, 0.25) is 0 Å². The van der Waals surface area contributed by atoms with Crippen LogP contribution in [0, 0.1) is 0 Å². The minimum Gasteiger partial charge on any atom is -0.296 e. The lowest BCUT2D eigenvalue weighted by atomic mass is 10.5. The lowest BCUT2D eigenvalue weighted by Gasteiger charge is -1.89. The van der Waals surface area contributed by atoms with E-state index >= 15 is 0 Å². The van der Waals surface area contributed by atoms with Gasteiger partial charge in [-0.2, -0.15) is 0 Å². The molecule has 1 heterocycles. The predicted molar refractivity (Wildman–Crippen MR) is 33.7 cm³/mol. The number of hydrogen-bond acceptors (Lipinski definition) is 3. The first-order valence-corrected chi connectivity index (χ1v) is 3.27. The second-order valence-corrected chi connectivity index (χ2v) is 2.47. The largest absolute Gasteiger partial charge is 0.296 e. The van der Waals surface area contributed by atoms with Crippen LogP contribution in [-0.4, -0.2) is 21.3 Å². The molecule has 0 radical (unpaired) electrons. The van der Waals surface area contributed by atoms with E-state index in [1.807, 2.05) is 0 Å². The van der Waals surface area contributed by atoms with Crippen LogP contribution in [0.5, 0.6) is 0 Å². The average Bonchev–Trinajstić information content (AvgIpc) is 2.70. The van der Waals surface area contributed by atoms with Gasteiger partial charge in [0.15, 0.2) is 6.29 Å². The fourth-order valence-electron chi connectivity index (χ4n) is 0.862. The predicted octanol–water partition coefficient (Wildman–Crippen LogP) is 0.425. The third-order valence-electron chi connectivity index (χ3n) is 1.57. The highest BCUT2D eigenvalue weighted by Crippen LogP contribution is 2.33. The number of carbonyl (C=O) groups excluding carboxylic acids is 1. The van der Waals surface area contributed by atoms with Crippen molar-refractivity contribution in [2.24, 2.45) is 0 Å². The highest BCUT2D eigenvalue weighted by Gasteiger charge is 2.24. The van der Waals surface area contributed by atoms with Gasteiger partial charge < -0.3 is 0 Å². The molecule has 1 saturated carbocycles. The van der Waals surface area contributed by atoms with Crippen LogP contribution in [0.25, 0.3) is 0 Å². The summed E-state index contributed by atoms with van der Waals surface area (Å²) in [6, 6.07) is 0.515. The van der Waals surface area contributed by atoms with E-state index in [1.165, 1.54) is 12.8 Å². The summed E-state index contributed by atoms with van der Waals surface area (Å²) >= 11 is 0. The van der Waals surface area contributed by atoms with E-state index in [9.17, 15) is 4.79 Å². The van der Waals surface area contributed by atoms with Gasteiger partial charge in [-0.3, -0.25) is 4.79 Å². The molecule has 10 heavy (non-hydrogen) atoms. The summed E-state index contributed by atoms with van der Waals surface area (Å²) in [6.45, 7) is 0. The van der Waals surface area contributed by atoms with E-state index in [0.29, 0.717) is 18.0 Å². The molecule has 2 rings (SSSR count). The van der Waals surface area contributed by atoms with Crippen molar-refractivity contribution in [3.8, 4) is 0 Å². The van der Waals surface area contributed by atoms with Gasteiger partial charge in [0.1, 0.15) is 5.69 Å². The lowest BCUT2D eigenvalue weighted by molar-refractivity contribution is 0.111. The van der Waals surface area contributed by atoms with Crippen LogP contribution in [0.1, 0.15) is 29.4 Å². The van der Waals surface area contributed by atoms with Gasteiger partial charge >= 0.3 is 0 Å². The lowest BCUT2D eigenvalue weighted by Crippen LogP contribution is -1.92. The van der Waals surface area contributed by atoms with Crippen LogP contribution < -0.4 is 0 Å². The van der Waals surface area contributed by atoms with Crippen LogP contribution in [0.15, 0.2) is 6.20 Å². The number of carbonyl (C=O) groups is 1. The van der Waals surface area contributed by atoms with Gasteiger partial charge in [0.05, 0.1) is 12.2 Å². The zero-order valence-corrected chi connectivity index (χ0v) is 5.40. The molecule has 0 spiro atoms. The third-order valence-corrected chi connectivity index (χ3v) is 1.57. The standard InChI is InChI=1S/C6H7N3O/c10-4-5-3-9(8-7-5)6-1-2-6/h3-4,6H,1-2H2. The number of rotatable bonds is 2. The van der Waals surface area contributed by atoms with Crippen molar-refractivity contribution < 1.29 is 4.79 Å². The fourth-order valence-corrected chi connectivity index (χ4v) is 0.862. The van der Waals surface area contributed by atoms with Crippen LogP contribution in [-0.2, 0) is 0 Å². The molecule has 0 bridgehead atoms. The molecule has 1 aromatic rings. The smallest absolute Gasteiger partial charge is 0.171 e. The second-order valence-electron chi connectivity index (χ2n) is 2.47. The van der Waals surface area contributed by atoms with E-state index in [-0.39, 0.29) is 0 Å². The van der Waals surface area contributed by atoms with Crippen LogP contribution in [0.3, 0.4) is 0 Å². The molecule has 0 amide bonds. The Balaban J connectivity index is 2.26. The zero-order valence-electron chi connectivity index (χ0n) is 5.40. The number of hydrogen-bond donors (Lipinski definition) is 0. The van der Waals surface area contributed by atoms with Gasteiger partial charge in [0.25, 0.3) is 0 Å². The first kappa shape index (κ1) is 5.58. The van der Waals surface area contributed by atoms with Crippen molar-refractivity contribution >= 4 is 6.29 Å². The molecule has 1 aliphatic rings. The van der Waals surface area contributed by atoms with Gasteiger partial charge in [-0.05, 0) is 12.8 Å². The highest BCUT2D eigenvalue weighted by molar-refractivity contribution is 5.70. The third kappa shape index (κ3) is 0.814. The SMILES string of the molecule is O=Cc1cn(C2CC2)nn1. The molecule has 1 aromatic heterocycles. The summed E-state index contributed by atoms with van der Waals surface area (Å²) in [5.74, 6) is 0. The summed E-state index contributed by atoms with van der Waals surface area (Å²) < 4.78 is 1.75. The summed E-state index contributed by atoms with van der Waals surface area (Å²) in [6.07, 6.45) is 4.74. The average molecular weight is 137 g/mol. The normalized spacial score (nSPS) is 17.2. The van der Waals surface area contributed by atoms with E-state index in [0.717, 1.165) is 0 Å². The van der Waals surface area contributed by atoms with E-state index in [4.69, 9.17) is 0 Å². The maximum atomic E-state index is 10.1. The Labute approximate surface area is 57.8 Å². The Kier molecular flexibility index (Phi) is 1.06. The molecule has 4 heteroatoms. The van der Waals surface area contributed by atoms with Gasteiger partial charge in [-0.25, -0.2) is 4.68 Å². The summed E-state index contributed by atoms with van der Waals surface area (Å²) in [5.41, 5.74) is 0.423. The zero-order chi connectivity index (χ0) is 6.97. The van der Waals surface area contributed by atoms with Crippen molar-refractivity contribution in [1.82, 2.24) is 15.0 Å². The van der Waals surface area contributed by atoms with Gasteiger partial charge in [0.2, 0.25) is 0 Å². The van der Waals surface area contributed by atoms with Crippen molar-refractivity contribution in [2.75, 3.05) is 0 Å². The van der Waals surface area contributed by atoms with E-state index in [2.05, 4.69) is 10.3 Å². The molecule has 1 aliphatic carbocycles. The quantitative estimate of drug-likeness (QED) is 0.555. The molecule has 52 valence electrons. The van der Waals surface area contributed by atoms with Crippen molar-refractivity contribution in [1.29, 1.82) is 0 Å². The molecular formula is C6H7N3O. The Bertz CT molecular complexity index is 251. The summed E-state index contributed by atoms with van der Waals surface area (Å²) in [5, 5.41) is 7.43. The molecule has 1 fully saturated rings. The molecule has 0 saturated heterocycles. The first-order chi connectivity index (χ1) is 4.90. The minimum atomic E-state index is 0.423. The maximum Gasteiger partial charge on any atom is 0.171 e. The Hall–Kier alpha value is -1.19. The van der Waals surface area contributed by atoms with Crippen LogP contribution >= 0.6 is 0 Å².